The van der Waals surface area contributed by atoms with E-state index in [0.29, 0.717) is 0 Å². The van der Waals surface area contributed by atoms with Crippen LogP contribution in [0.5, 0.6) is 0 Å². The molecule has 2 atom stereocenters. The lowest BCUT2D eigenvalue weighted by Crippen LogP contribution is -1.99. The van der Waals surface area contributed by atoms with Crippen LogP contribution in [-0.2, 0) is 0 Å². The number of fused-ring (bicyclic) bond motifs is 5. The second kappa shape index (κ2) is 3.05. The largest absolute Gasteiger partial charge is 0.282 e. The SMILES string of the molecule is O=C(I)c1ccc2c(c1)C1CCC2C1. The van der Waals surface area contributed by atoms with Gasteiger partial charge in [0.25, 0.3) is 0 Å². The molecule has 0 N–H and O–H groups in total. The van der Waals surface area contributed by atoms with Gasteiger partial charge in [-0.15, -0.1) is 0 Å². The van der Waals surface area contributed by atoms with E-state index in [9.17, 15) is 4.79 Å². The molecule has 0 radical (unpaired) electrons. The summed E-state index contributed by atoms with van der Waals surface area (Å²) in [5.74, 6) is 1.55. The van der Waals surface area contributed by atoms with Gasteiger partial charge >= 0.3 is 0 Å². The molecule has 0 aromatic heterocycles. The van der Waals surface area contributed by atoms with E-state index in [1.165, 1.54) is 30.4 Å². The average molecular weight is 298 g/mol. The Balaban J connectivity index is 2.12. The maximum absolute atomic E-state index is 11.2. The first-order chi connectivity index (χ1) is 6.75. The second-order valence-electron chi connectivity index (χ2n) is 4.32. The predicted molar refractivity (Wildman–Crippen MR) is 64.1 cm³/mol. The fourth-order valence-electron chi connectivity index (χ4n) is 2.97. The Morgan fingerprint density at radius 1 is 1.21 bits per heavy atom. The molecule has 2 aliphatic rings. The first kappa shape index (κ1) is 8.89. The Labute approximate surface area is 97.0 Å². The molecule has 2 bridgehead atoms. The molecule has 0 spiro atoms. The Morgan fingerprint density at radius 3 is 2.64 bits per heavy atom. The van der Waals surface area contributed by atoms with Crippen LogP contribution in [-0.4, -0.2) is 3.79 Å². The minimum absolute atomic E-state index is 0.160. The van der Waals surface area contributed by atoms with E-state index in [0.717, 1.165) is 17.4 Å². The van der Waals surface area contributed by atoms with Crippen molar-refractivity contribution in [2.24, 2.45) is 0 Å². The van der Waals surface area contributed by atoms with Gasteiger partial charge < -0.3 is 0 Å². The molecule has 1 saturated carbocycles. The highest BCUT2D eigenvalue weighted by molar-refractivity contribution is 14.1. The number of rotatable bonds is 1. The molecular formula is C12H11IO. The maximum Gasteiger partial charge on any atom is 0.222 e. The number of carbonyl (C=O) groups excluding carboxylic acids is 1. The summed E-state index contributed by atoms with van der Waals surface area (Å²) in [4.78, 5) is 11.2. The number of benzene rings is 1. The molecule has 1 nitrogen and oxygen atoms in total. The zero-order valence-electron chi connectivity index (χ0n) is 7.79. The number of halogens is 1. The molecular weight excluding hydrogens is 287 g/mol. The highest BCUT2D eigenvalue weighted by Gasteiger charge is 2.36. The Morgan fingerprint density at radius 2 is 1.93 bits per heavy atom. The highest BCUT2D eigenvalue weighted by atomic mass is 127. The van der Waals surface area contributed by atoms with Crippen LogP contribution in [0.1, 0.15) is 52.6 Å². The monoisotopic (exact) mass is 298 g/mol. The van der Waals surface area contributed by atoms with Gasteiger partial charge in [-0.3, -0.25) is 4.79 Å². The standard InChI is InChI=1S/C12H11IO/c13-12(14)9-3-4-10-7-1-2-8(5-7)11(10)6-9/h3-4,6-8H,1-2,5H2. The van der Waals surface area contributed by atoms with Crippen LogP contribution in [0.25, 0.3) is 0 Å². The molecule has 1 aromatic carbocycles. The number of hydrogen-bond acceptors (Lipinski definition) is 1. The first-order valence-electron chi connectivity index (χ1n) is 5.09. The molecule has 3 rings (SSSR count). The highest BCUT2D eigenvalue weighted by Crippen LogP contribution is 2.53. The van der Waals surface area contributed by atoms with E-state index in [1.54, 1.807) is 0 Å². The zero-order chi connectivity index (χ0) is 9.71. The molecule has 0 heterocycles. The molecule has 2 aliphatic carbocycles. The van der Waals surface area contributed by atoms with Crippen molar-refractivity contribution in [1.29, 1.82) is 0 Å². The van der Waals surface area contributed by atoms with Crippen LogP contribution in [0.4, 0.5) is 0 Å². The van der Waals surface area contributed by atoms with Gasteiger partial charge in [0.15, 0.2) is 0 Å². The van der Waals surface area contributed by atoms with Gasteiger partial charge in [-0.1, -0.05) is 12.1 Å². The molecule has 2 unspecified atom stereocenters. The third-order valence-electron chi connectivity index (χ3n) is 3.63. The van der Waals surface area contributed by atoms with Crippen LogP contribution >= 0.6 is 22.6 Å². The van der Waals surface area contributed by atoms with E-state index in [4.69, 9.17) is 0 Å². The van der Waals surface area contributed by atoms with Crippen LogP contribution in [0, 0.1) is 0 Å². The molecule has 0 aliphatic heterocycles. The van der Waals surface area contributed by atoms with E-state index in [-0.39, 0.29) is 3.79 Å². The summed E-state index contributed by atoms with van der Waals surface area (Å²) in [6, 6.07) is 6.27. The minimum Gasteiger partial charge on any atom is -0.282 e. The molecule has 72 valence electrons. The van der Waals surface area contributed by atoms with Crippen molar-refractivity contribution >= 4 is 26.4 Å². The minimum atomic E-state index is 0.160. The van der Waals surface area contributed by atoms with E-state index in [2.05, 4.69) is 12.1 Å². The molecule has 0 amide bonds. The van der Waals surface area contributed by atoms with Crippen molar-refractivity contribution in [3.63, 3.8) is 0 Å². The Bertz CT molecular complexity index is 411. The van der Waals surface area contributed by atoms with Crippen molar-refractivity contribution in [1.82, 2.24) is 0 Å². The summed E-state index contributed by atoms with van der Waals surface area (Å²) in [5, 5.41) is 0. The summed E-state index contributed by atoms with van der Waals surface area (Å²) < 4.78 is 0.160. The van der Waals surface area contributed by atoms with Gasteiger partial charge in [0.1, 0.15) is 0 Å². The zero-order valence-corrected chi connectivity index (χ0v) is 9.95. The van der Waals surface area contributed by atoms with Crippen LogP contribution < -0.4 is 0 Å². The van der Waals surface area contributed by atoms with E-state index < -0.39 is 0 Å². The fourth-order valence-corrected chi connectivity index (χ4v) is 3.30. The fraction of sp³-hybridized carbons (Fsp3) is 0.417. The van der Waals surface area contributed by atoms with Crippen LogP contribution in [0.15, 0.2) is 18.2 Å². The van der Waals surface area contributed by atoms with E-state index in [1.807, 2.05) is 28.7 Å². The van der Waals surface area contributed by atoms with Gasteiger partial charge in [-0.05, 0) is 48.3 Å². The molecule has 14 heavy (non-hydrogen) atoms. The predicted octanol–water partition coefficient (Wildman–Crippen LogP) is 3.63. The Kier molecular flexibility index (Phi) is 1.94. The molecule has 0 saturated heterocycles. The van der Waals surface area contributed by atoms with Gasteiger partial charge in [-0.2, -0.15) is 0 Å². The number of hydrogen-bond donors (Lipinski definition) is 0. The Hall–Kier alpha value is -0.380. The lowest BCUT2D eigenvalue weighted by Gasteiger charge is -2.15. The smallest absolute Gasteiger partial charge is 0.222 e. The van der Waals surface area contributed by atoms with Gasteiger partial charge in [0.2, 0.25) is 3.79 Å². The maximum atomic E-state index is 11.2. The molecule has 1 aromatic rings. The van der Waals surface area contributed by atoms with Crippen LogP contribution in [0.2, 0.25) is 0 Å². The van der Waals surface area contributed by atoms with Gasteiger partial charge in [0, 0.05) is 28.2 Å². The third kappa shape index (κ3) is 1.16. The van der Waals surface area contributed by atoms with Gasteiger partial charge in [0.05, 0.1) is 0 Å². The molecule has 2 heteroatoms. The lowest BCUT2D eigenvalue weighted by molar-refractivity contribution is 0.110. The van der Waals surface area contributed by atoms with Crippen molar-refractivity contribution < 1.29 is 4.79 Å². The quantitative estimate of drug-likeness (QED) is 0.571. The summed E-state index contributed by atoms with van der Waals surface area (Å²) >= 11 is 1.86. The normalized spacial score (nSPS) is 27.8. The van der Waals surface area contributed by atoms with E-state index >= 15 is 0 Å². The van der Waals surface area contributed by atoms with Crippen molar-refractivity contribution in [2.75, 3.05) is 0 Å². The lowest BCUT2D eigenvalue weighted by atomic mass is 9.91. The van der Waals surface area contributed by atoms with Crippen molar-refractivity contribution in [2.45, 2.75) is 31.1 Å². The second-order valence-corrected chi connectivity index (χ2v) is 5.30. The van der Waals surface area contributed by atoms with Crippen molar-refractivity contribution in [3.05, 3.63) is 34.9 Å². The first-order valence-corrected chi connectivity index (χ1v) is 6.17. The third-order valence-corrected chi connectivity index (χ3v) is 4.25. The van der Waals surface area contributed by atoms with Gasteiger partial charge in [-0.25, -0.2) is 0 Å². The van der Waals surface area contributed by atoms with Crippen molar-refractivity contribution in [3.8, 4) is 0 Å². The van der Waals surface area contributed by atoms with Crippen LogP contribution in [0.3, 0.4) is 0 Å². The number of carbonyl (C=O) groups is 1. The molecule has 1 fully saturated rings. The summed E-state index contributed by atoms with van der Waals surface area (Å²) in [5.41, 5.74) is 3.85. The summed E-state index contributed by atoms with van der Waals surface area (Å²) in [6.45, 7) is 0. The summed E-state index contributed by atoms with van der Waals surface area (Å²) in [6.07, 6.45) is 4.01. The topological polar surface area (TPSA) is 17.1 Å². The summed E-state index contributed by atoms with van der Waals surface area (Å²) in [7, 11) is 0. The average Bonchev–Trinajstić information content (AvgIpc) is 2.77.